The van der Waals surface area contributed by atoms with Crippen molar-refractivity contribution in [3.8, 4) is 5.69 Å². The second kappa shape index (κ2) is 6.86. The molecule has 0 aliphatic carbocycles. The quantitative estimate of drug-likeness (QED) is 0.773. The summed E-state index contributed by atoms with van der Waals surface area (Å²) in [6.07, 6.45) is 7.04. The van der Waals surface area contributed by atoms with Crippen molar-refractivity contribution in [3.63, 3.8) is 0 Å². The first-order valence-corrected chi connectivity index (χ1v) is 7.04. The molecule has 2 amide bonds. The van der Waals surface area contributed by atoms with Gasteiger partial charge in [0, 0.05) is 25.1 Å². The number of anilines is 1. The number of pyridine rings is 1. The molecule has 2 heterocycles. The zero-order chi connectivity index (χ0) is 16.9. The maximum Gasteiger partial charge on any atom is 0.319 e. The molecule has 122 valence electrons. The number of imidazole rings is 1. The van der Waals surface area contributed by atoms with E-state index in [4.69, 9.17) is 0 Å². The molecule has 0 saturated heterocycles. The first-order valence-electron chi connectivity index (χ1n) is 7.04. The molecule has 0 aliphatic rings. The van der Waals surface area contributed by atoms with Gasteiger partial charge < -0.3 is 15.2 Å². The summed E-state index contributed by atoms with van der Waals surface area (Å²) in [6.45, 7) is 0.0969. The van der Waals surface area contributed by atoms with E-state index in [1.807, 2.05) is 0 Å². The van der Waals surface area contributed by atoms with E-state index in [0.29, 0.717) is 11.3 Å². The molecule has 2 aromatic heterocycles. The number of hydrogen-bond acceptors (Lipinski definition) is 3. The zero-order valence-electron chi connectivity index (χ0n) is 12.4. The number of rotatable bonds is 4. The minimum Gasteiger partial charge on any atom is -0.334 e. The van der Waals surface area contributed by atoms with Gasteiger partial charge in [-0.2, -0.15) is 0 Å². The van der Waals surface area contributed by atoms with E-state index in [9.17, 15) is 13.6 Å². The molecule has 0 saturated carbocycles. The highest BCUT2D eigenvalue weighted by Gasteiger charge is 2.08. The van der Waals surface area contributed by atoms with Gasteiger partial charge in [-0.1, -0.05) is 6.07 Å². The highest BCUT2D eigenvalue weighted by atomic mass is 19.1. The Labute approximate surface area is 136 Å². The lowest BCUT2D eigenvalue weighted by Crippen LogP contribution is -2.28. The molecule has 2 N–H and O–H groups in total. The van der Waals surface area contributed by atoms with Crippen molar-refractivity contribution in [1.82, 2.24) is 19.9 Å². The van der Waals surface area contributed by atoms with Gasteiger partial charge in [0.1, 0.15) is 5.82 Å². The van der Waals surface area contributed by atoms with Crippen LogP contribution in [0.5, 0.6) is 0 Å². The summed E-state index contributed by atoms with van der Waals surface area (Å²) in [5, 5.41) is 4.89. The van der Waals surface area contributed by atoms with Crippen LogP contribution in [0.4, 0.5) is 19.3 Å². The number of urea groups is 1. The van der Waals surface area contributed by atoms with Crippen LogP contribution in [0.3, 0.4) is 0 Å². The summed E-state index contributed by atoms with van der Waals surface area (Å²) in [5.41, 5.74) is 0.949. The van der Waals surface area contributed by atoms with Crippen LogP contribution in [-0.4, -0.2) is 20.6 Å². The molecule has 1 aromatic carbocycles. The number of aromatic nitrogens is 3. The molecular formula is C16H13F2N5O. The monoisotopic (exact) mass is 329 g/mol. The average molecular weight is 329 g/mol. The highest BCUT2D eigenvalue weighted by Crippen LogP contribution is 2.15. The molecule has 0 unspecified atom stereocenters. The van der Waals surface area contributed by atoms with Crippen molar-refractivity contribution in [2.45, 2.75) is 6.54 Å². The number of nitrogens with zero attached hydrogens (tertiary/aromatic N) is 3. The van der Waals surface area contributed by atoms with Crippen molar-refractivity contribution >= 4 is 11.7 Å². The van der Waals surface area contributed by atoms with E-state index in [0.717, 1.165) is 6.20 Å². The van der Waals surface area contributed by atoms with Crippen LogP contribution in [0.1, 0.15) is 5.56 Å². The number of nitrogens with one attached hydrogen (secondary N) is 2. The van der Waals surface area contributed by atoms with Crippen molar-refractivity contribution in [2.75, 3.05) is 5.32 Å². The normalized spacial score (nSPS) is 10.4. The largest absolute Gasteiger partial charge is 0.334 e. The van der Waals surface area contributed by atoms with Gasteiger partial charge in [-0.3, -0.25) is 4.98 Å². The summed E-state index contributed by atoms with van der Waals surface area (Å²) < 4.78 is 29.0. The van der Waals surface area contributed by atoms with Crippen LogP contribution in [0.15, 0.2) is 55.4 Å². The lowest BCUT2D eigenvalue weighted by atomic mass is 10.2. The minimum absolute atomic E-state index is 0.0177. The fourth-order valence-electron chi connectivity index (χ4n) is 2.10. The van der Waals surface area contributed by atoms with Gasteiger partial charge >= 0.3 is 6.03 Å². The summed E-state index contributed by atoms with van der Waals surface area (Å²) >= 11 is 0. The number of hydrogen-bond donors (Lipinski definition) is 2. The van der Waals surface area contributed by atoms with Crippen LogP contribution in [0, 0.1) is 11.6 Å². The lowest BCUT2D eigenvalue weighted by molar-refractivity contribution is 0.251. The molecular weight excluding hydrogens is 316 g/mol. The Balaban J connectivity index is 1.61. The van der Waals surface area contributed by atoms with Crippen molar-refractivity contribution in [2.24, 2.45) is 0 Å². The number of carbonyl (C=O) groups is 1. The highest BCUT2D eigenvalue weighted by molar-refractivity contribution is 5.89. The molecule has 24 heavy (non-hydrogen) atoms. The maximum absolute atomic E-state index is 14.1. The Morgan fingerprint density at radius 1 is 1.12 bits per heavy atom. The third-order valence-corrected chi connectivity index (χ3v) is 3.27. The van der Waals surface area contributed by atoms with Gasteiger partial charge in [0.05, 0.1) is 23.9 Å². The van der Waals surface area contributed by atoms with Gasteiger partial charge in [0.25, 0.3) is 0 Å². The third-order valence-electron chi connectivity index (χ3n) is 3.27. The summed E-state index contributed by atoms with van der Waals surface area (Å²) in [7, 11) is 0. The predicted octanol–water partition coefficient (Wildman–Crippen LogP) is 2.87. The van der Waals surface area contributed by atoms with Crippen LogP contribution >= 0.6 is 0 Å². The van der Waals surface area contributed by atoms with E-state index in [1.54, 1.807) is 29.1 Å². The number of benzene rings is 1. The fourth-order valence-corrected chi connectivity index (χ4v) is 2.10. The Morgan fingerprint density at radius 2 is 2.00 bits per heavy atom. The molecule has 0 bridgehead atoms. The van der Waals surface area contributed by atoms with Crippen molar-refractivity contribution < 1.29 is 13.6 Å². The van der Waals surface area contributed by atoms with Gasteiger partial charge in [0.2, 0.25) is 0 Å². The molecule has 0 spiro atoms. The molecule has 8 heteroatoms. The topological polar surface area (TPSA) is 71.8 Å². The average Bonchev–Trinajstić information content (AvgIpc) is 3.09. The molecule has 0 aliphatic heterocycles. The summed E-state index contributed by atoms with van der Waals surface area (Å²) in [4.78, 5) is 19.2. The van der Waals surface area contributed by atoms with E-state index in [2.05, 4.69) is 20.6 Å². The molecule has 3 aromatic rings. The maximum atomic E-state index is 14.1. The molecule has 0 atom stereocenters. The van der Waals surface area contributed by atoms with Gasteiger partial charge in [-0.15, -0.1) is 0 Å². The van der Waals surface area contributed by atoms with Gasteiger partial charge in [-0.25, -0.2) is 18.6 Å². The third kappa shape index (κ3) is 3.54. The van der Waals surface area contributed by atoms with Crippen LogP contribution in [0.25, 0.3) is 5.69 Å². The van der Waals surface area contributed by atoms with Gasteiger partial charge in [-0.05, 0) is 23.8 Å². The van der Waals surface area contributed by atoms with E-state index in [-0.39, 0.29) is 12.2 Å². The number of amides is 2. The van der Waals surface area contributed by atoms with Crippen LogP contribution < -0.4 is 10.6 Å². The smallest absolute Gasteiger partial charge is 0.319 e. The SMILES string of the molecule is O=C(NCc1ccc(-n2ccnc2)c(F)c1)Nc1ccncc1F. The standard InChI is InChI=1S/C16H13F2N5O/c17-12-7-11(1-2-15(12)23-6-5-20-10-23)8-21-16(24)22-14-3-4-19-9-13(14)18/h1-7,9-10H,8H2,(H2,19,21,22,24). The van der Waals surface area contributed by atoms with Crippen molar-refractivity contribution in [1.29, 1.82) is 0 Å². The number of halogens is 2. The van der Waals surface area contributed by atoms with E-state index in [1.165, 1.54) is 24.7 Å². The second-order valence-corrected chi connectivity index (χ2v) is 4.92. The summed E-state index contributed by atoms with van der Waals surface area (Å²) in [6, 6.07) is 5.34. The minimum atomic E-state index is -0.636. The lowest BCUT2D eigenvalue weighted by Gasteiger charge is -2.10. The molecule has 0 radical (unpaired) electrons. The second-order valence-electron chi connectivity index (χ2n) is 4.92. The fraction of sp³-hybridized carbons (Fsp3) is 0.0625. The summed E-state index contributed by atoms with van der Waals surface area (Å²) in [5.74, 6) is -1.07. The van der Waals surface area contributed by atoms with E-state index < -0.39 is 17.7 Å². The molecule has 6 nitrogen and oxygen atoms in total. The Kier molecular flexibility index (Phi) is 4.46. The predicted molar refractivity (Wildman–Crippen MR) is 83.6 cm³/mol. The van der Waals surface area contributed by atoms with E-state index >= 15 is 0 Å². The first-order chi connectivity index (χ1) is 11.6. The Bertz CT molecular complexity index is 851. The van der Waals surface area contributed by atoms with Gasteiger partial charge in [0.15, 0.2) is 5.82 Å². The Morgan fingerprint density at radius 3 is 2.71 bits per heavy atom. The van der Waals surface area contributed by atoms with Crippen LogP contribution in [-0.2, 0) is 6.54 Å². The first kappa shape index (κ1) is 15.6. The molecule has 0 fully saturated rings. The Hall–Kier alpha value is -3.29. The van der Waals surface area contributed by atoms with Crippen molar-refractivity contribution in [3.05, 3.63) is 72.6 Å². The zero-order valence-corrected chi connectivity index (χ0v) is 12.4. The van der Waals surface area contributed by atoms with Crippen LogP contribution in [0.2, 0.25) is 0 Å². The number of carbonyl (C=O) groups excluding carboxylic acids is 1. The molecule has 3 rings (SSSR count).